The fourth-order valence-electron chi connectivity index (χ4n) is 2.20. The van der Waals surface area contributed by atoms with Crippen LogP contribution in [0.15, 0.2) is 18.2 Å². The Hall–Kier alpha value is -0.380. The number of nitrogens with two attached hydrogens (primary N) is 1. The van der Waals surface area contributed by atoms with Crippen LogP contribution in [-0.4, -0.2) is 28.5 Å². The number of rotatable bonds is 2. The van der Waals surface area contributed by atoms with Gasteiger partial charge in [0.25, 0.3) is 0 Å². The van der Waals surface area contributed by atoms with Crippen molar-refractivity contribution in [2.75, 3.05) is 24.6 Å². The highest BCUT2D eigenvalue weighted by Gasteiger charge is 2.27. The summed E-state index contributed by atoms with van der Waals surface area (Å²) in [6, 6.07) is 5.78. The largest absolute Gasteiger partial charge is 0.398 e. The Morgan fingerprint density at radius 3 is 2.88 bits per heavy atom. The van der Waals surface area contributed by atoms with Crippen LogP contribution < -0.4 is 5.73 Å². The predicted molar refractivity (Wildman–Crippen MR) is 77.7 cm³/mol. The van der Waals surface area contributed by atoms with Crippen molar-refractivity contribution in [2.24, 2.45) is 0 Å². The SMILES string of the molecule is CC1(C)CN(Cc2ccc(Cl)cc2N)CCS1. The third-order valence-electron chi connectivity index (χ3n) is 3.01. The van der Waals surface area contributed by atoms with Crippen molar-refractivity contribution in [3.05, 3.63) is 28.8 Å². The number of hydrogen-bond donors (Lipinski definition) is 1. The summed E-state index contributed by atoms with van der Waals surface area (Å²) in [5.74, 6) is 1.19. The van der Waals surface area contributed by atoms with E-state index in [1.54, 1.807) is 0 Å². The maximum Gasteiger partial charge on any atom is 0.0426 e. The van der Waals surface area contributed by atoms with Crippen molar-refractivity contribution in [1.29, 1.82) is 0 Å². The standard InChI is InChI=1S/C13H19ClN2S/c1-13(2)9-16(5-6-17-13)8-10-3-4-11(14)7-12(10)15/h3-4,7H,5-6,8-9,15H2,1-2H3. The topological polar surface area (TPSA) is 29.3 Å². The summed E-state index contributed by atoms with van der Waals surface area (Å²) < 4.78 is 0.347. The molecule has 1 saturated heterocycles. The molecule has 0 bridgehead atoms. The van der Waals surface area contributed by atoms with E-state index in [1.165, 1.54) is 11.3 Å². The van der Waals surface area contributed by atoms with E-state index in [9.17, 15) is 0 Å². The number of thioether (sulfide) groups is 1. The van der Waals surface area contributed by atoms with E-state index in [2.05, 4.69) is 18.7 Å². The normalized spacial score (nSPS) is 20.4. The average Bonchev–Trinajstić information content (AvgIpc) is 2.21. The fourth-order valence-corrected chi connectivity index (χ4v) is 3.56. The van der Waals surface area contributed by atoms with Gasteiger partial charge in [0.2, 0.25) is 0 Å². The third-order valence-corrected chi connectivity index (χ3v) is 4.54. The number of nitrogens with zero attached hydrogens (tertiary/aromatic N) is 1. The Morgan fingerprint density at radius 1 is 1.47 bits per heavy atom. The summed E-state index contributed by atoms with van der Waals surface area (Å²) in [7, 11) is 0. The van der Waals surface area contributed by atoms with Gasteiger partial charge < -0.3 is 5.73 Å². The van der Waals surface area contributed by atoms with Crippen molar-refractivity contribution in [1.82, 2.24) is 4.90 Å². The smallest absolute Gasteiger partial charge is 0.0426 e. The lowest BCUT2D eigenvalue weighted by molar-refractivity contribution is 0.253. The van der Waals surface area contributed by atoms with E-state index in [1.807, 2.05) is 30.0 Å². The lowest BCUT2D eigenvalue weighted by Gasteiger charge is -2.37. The minimum Gasteiger partial charge on any atom is -0.398 e. The molecule has 1 fully saturated rings. The highest BCUT2D eigenvalue weighted by Crippen LogP contribution is 2.31. The Kier molecular flexibility index (Phi) is 3.91. The van der Waals surface area contributed by atoms with Gasteiger partial charge in [0.05, 0.1) is 0 Å². The average molecular weight is 271 g/mol. The first-order chi connectivity index (χ1) is 7.96. The first-order valence-corrected chi connectivity index (χ1v) is 7.23. The van der Waals surface area contributed by atoms with Crippen LogP contribution in [0.25, 0.3) is 0 Å². The van der Waals surface area contributed by atoms with Crippen LogP contribution in [0.2, 0.25) is 5.02 Å². The number of hydrogen-bond acceptors (Lipinski definition) is 3. The molecule has 0 aliphatic carbocycles. The maximum atomic E-state index is 5.99. The van der Waals surface area contributed by atoms with Crippen LogP contribution in [-0.2, 0) is 6.54 Å². The molecule has 1 heterocycles. The van der Waals surface area contributed by atoms with Gasteiger partial charge in [-0.2, -0.15) is 11.8 Å². The van der Waals surface area contributed by atoms with Crippen molar-refractivity contribution in [2.45, 2.75) is 25.1 Å². The van der Waals surface area contributed by atoms with Crippen molar-refractivity contribution in [3.8, 4) is 0 Å². The second-order valence-electron chi connectivity index (χ2n) is 5.16. The molecular formula is C13H19ClN2S. The van der Waals surface area contributed by atoms with Crippen LogP contribution >= 0.6 is 23.4 Å². The molecule has 0 amide bonds. The molecule has 0 aromatic heterocycles. The molecule has 0 unspecified atom stereocenters. The molecule has 94 valence electrons. The summed E-state index contributed by atoms with van der Waals surface area (Å²) >= 11 is 7.96. The van der Waals surface area contributed by atoms with E-state index in [0.717, 1.165) is 25.3 Å². The molecule has 2 rings (SSSR count). The third kappa shape index (κ3) is 3.54. The molecule has 2 nitrogen and oxygen atoms in total. The highest BCUT2D eigenvalue weighted by molar-refractivity contribution is 8.00. The van der Waals surface area contributed by atoms with Gasteiger partial charge in [0.15, 0.2) is 0 Å². The number of nitrogen functional groups attached to an aromatic ring is 1. The van der Waals surface area contributed by atoms with Gasteiger partial charge in [-0.25, -0.2) is 0 Å². The summed E-state index contributed by atoms with van der Waals surface area (Å²) in [6.45, 7) is 7.77. The van der Waals surface area contributed by atoms with Gasteiger partial charge in [0.1, 0.15) is 0 Å². The Bertz CT molecular complexity index is 406. The van der Waals surface area contributed by atoms with E-state index in [4.69, 9.17) is 17.3 Å². The van der Waals surface area contributed by atoms with E-state index in [0.29, 0.717) is 9.77 Å². The maximum absolute atomic E-state index is 5.99. The van der Waals surface area contributed by atoms with E-state index >= 15 is 0 Å². The lowest BCUT2D eigenvalue weighted by Crippen LogP contribution is -2.42. The second kappa shape index (κ2) is 5.09. The Labute approximate surface area is 113 Å². The van der Waals surface area contributed by atoms with Crippen LogP contribution in [0, 0.1) is 0 Å². The molecule has 0 radical (unpaired) electrons. The van der Waals surface area contributed by atoms with E-state index < -0.39 is 0 Å². The minimum atomic E-state index is 0.347. The Balaban J connectivity index is 2.05. The van der Waals surface area contributed by atoms with Crippen LogP contribution in [0.3, 0.4) is 0 Å². The summed E-state index contributed by atoms with van der Waals surface area (Å²) in [4.78, 5) is 2.47. The molecule has 0 atom stereocenters. The van der Waals surface area contributed by atoms with E-state index in [-0.39, 0.29) is 0 Å². The minimum absolute atomic E-state index is 0.347. The Morgan fingerprint density at radius 2 is 2.24 bits per heavy atom. The number of anilines is 1. The van der Waals surface area contributed by atoms with Crippen molar-refractivity contribution < 1.29 is 0 Å². The van der Waals surface area contributed by atoms with Crippen LogP contribution in [0.4, 0.5) is 5.69 Å². The summed E-state index contributed by atoms with van der Waals surface area (Å²) in [6.07, 6.45) is 0. The van der Waals surface area contributed by atoms with Crippen molar-refractivity contribution in [3.63, 3.8) is 0 Å². The highest BCUT2D eigenvalue weighted by atomic mass is 35.5. The van der Waals surface area contributed by atoms with Crippen LogP contribution in [0.5, 0.6) is 0 Å². The van der Waals surface area contributed by atoms with Gasteiger partial charge in [-0.1, -0.05) is 17.7 Å². The molecule has 17 heavy (non-hydrogen) atoms. The first kappa shape index (κ1) is 13.1. The molecule has 1 aliphatic rings. The molecule has 1 aromatic carbocycles. The molecule has 0 spiro atoms. The van der Waals surface area contributed by atoms with Gasteiger partial charge in [-0.3, -0.25) is 4.90 Å². The van der Waals surface area contributed by atoms with Crippen LogP contribution in [0.1, 0.15) is 19.4 Å². The zero-order valence-electron chi connectivity index (χ0n) is 10.4. The molecule has 0 saturated carbocycles. The van der Waals surface area contributed by atoms with Crippen molar-refractivity contribution >= 4 is 29.1 Å². The molecule has 1 aliphatic heterocycles. The first-order valence-electron chi connectivity index (χ1n) is 5.86. The molecular weight excluding hydrogens is 252 g/mol. The quantitative estimate of drug-likeness (QED) is 0.837. The molecule has 1 aromatic rings. The monoisotopic (exact) mass is 270 g/mol. The fraction of sp³-hybridized carbons (Fsp3) is 0.538. The second-order valence-corrected chi connectivity index (χ2v) is 7.40. The van der Waals surface area contributed by atoms with Gasteiger partial charge >= 0.3 is 0 Å². The lowest BCUT2D eigenvalue weighted by atomic mass is 10.1. The molecule has 2 N–H and O–H groups in total. The zero-order valence-corrected chi connectivity index (χ0v) is 11.9. The zero-order chi connectivity index (χ0) is 12.5. The summed E-state index contributed by atoms with van der Waals surface area (Å²) in [5.41, 5.74) is 7.97. The van der Waals surface area contributed by atoms with Gasteiger partial charge in [0, 0.05) is 40.8 Å². The number of halogens is 1. The molecule has 4 heteroatoms. The summed E-state index contributed by atoms with van der Waals surface area (Å²) in [5, 5.41) is 0.709. The van der Waals surface area contributed by atoms with Gasteiger partial charge in [-0.05, 0) is 31.5 Å². The van der Waals surface area contributed by atoms with Gasteiger partial charge in [-0.15, -0.1) is 0 Å². The predicted octanol–water partition coefficient (Wildman–Crippen LogP) is 3.25. The number of benzene rings is 1.